The number of hydrogen-bond acceptors (Lipinski definition) is 7. The third kappa shape index (κ3) is 4.58. The third-order valence-electron chi connectivity index (χ3n) is 5.73. The first kappa shape index (κ1) is 26.3. The van der Waals surface area contributed by atoms with Gasteiger partial charge in [0.15, 0.2) is 11.4 Å². The summed E-state index contributed by atoms with van der Waals surface area (Å²) in [6.07, 6.45) is -8.18. The van der Waals surface area contributed by atoms with Crippen molar-refractivity contribution in [1.82, 2.24) is 25.1 Å². The highest BCUT2D eigenvalue weighted by molar-refractivity contribution is 6.31. The smallest absolute Gasteiger partial charge is 0.450 e. The topological polar surface area (TPSA) is 137 Å². The van der Waals surface area contributed by atoms with Crippen LogP contribution in [-0.4, -0.2) is 50.5 Å². The first-order valence-corrected chi connectivity index (χ1v) is 11.1. The largest absolute Gasteiger partial charge is 0.453 e. The second kappa shape index (κ2) is 8.97. The minimum atomic E-state index is -5.73. The molecule has 16 heteroatoms. The lowest BCUT2D eigenvalue weighted by atomic mass is 9.95. The summed E-state index contributed by atoms with van der Waals surface area (Å²) in [5.74, 6) is -6.03. The number of alkyl halides is 5. The molecule has 0 saturated heterocycles. The Bertz CT molecular complexity index is 1410. The Morgan fingerprint density at radius 3 is 2.62 bits per heavy atom. The van der Waals surface area contributed by atoms with Crippen molar-refractivity contribution in [3.63, 3.8) is 0 Å². The number of nitrogens with two attached hydrogens (primary N) is 1. The summed E-state index contributed by atoms with van der Waals surface area (Å²) >= 11 is 6.01. The van der Waals surface area contributed by atoms with Crippen LogP contribution in [0, 0.1) is 0 Å². The molecule has 198 valence electrons. The van der Waals surface area contributed by atoms with Crippen LogP contribution in [0.25, 0.3) is 22.4 Å². The van der Waals surface area contributed by atoms with Gasteiger partial charge in [0.2, 0.25) is 0 Å². The number of aromatic nitrogens is 4. The van der Waals surface area contributed by atoms with Gasteiger partial charge in [0.05, 0.1) is 17.7 Å². The quantitative estimate of drug-likeness (QED) is 0.393. The number of amides is 2. The van der Waals surface area contributed by atoms with Crippen LogP contribution in [-0.2, 0) is 21.6 Å². The Labute approximate surface area is 210 Å². The summed E-state index contributed by atoms with van der Waals surface area (Å²) in [7, 11) is 0. The summed E-state index contributed by atoms with van der Waals surface area (Å²) in [5, 5.41) is 9.53. The maximum Gasteiger partial charge on any atom is 0.453 e. The van der Waals surface area contributed by atoms with E-state index in [4.69, 9.17) is 22.1 Å². The van der Waals surface area contributed by atoms with Crippen molar-refractivity contribution in [2.24, 2.45) is 0 Å². The van der Waals surface area contributed by atoms with E-state index in [1.807, 2.05) is 0 Å². The van der Waals surface area contributed by atoms with Crippen LogP contribution in [0.15, 0.2) is 18.2 Å². The number of rotatable bonds is 6. The molecular weight excluding hydrogens is 529 g/mol. The highest BCUT2D eigenvalue weighted by Gasteiger charge is 2.56. The van der Waals surface area contributed by atoms with Gasteiger partial charge in [-0.25, -0.2) is 14.8 Å². The molecule has 4 N–H and O–H groups in total. The van der Waals surface area contributed by atoms with E-state index in [2.05, 4.69) is 25.7 Å². The maximum absolute atomic E-state index is 13.6. The number of nitrogen functional groups attached to an aromatic ring is 1. The number of halogens is 6. The fourth-order valence-corrected chi connectivity index (χ4v) is 4.04. The van der Waals surface area contributed by atoms with Gasteiger partial charge in [-0.1, -0.05) is 11.6 Å². The number of anilines is 2. The molecule has 10 nitrogen and oxygen atoms in total. The number of nitrogens with one attached hydrogen (secondary N) is 2. The molecular formula is C21H19ClF5N7O3. The van der Waals surface area contributed by atoms with Gasteiger partial charge in [0.25, 0.3) is 5.91 Å². The van der Waals surface area contributed by atoms with Gasteiger partial charge in [-0.2, -0.15) is 27.1 Å². The molecule has 37 heavy (non-hydrogen) atoms. The fraction of sp³-hybridized carbons (Fsp3) is 0.381. The van der Waals surface area contributed by atoms with Crippen LogP contribution in [0.3, 0.4) is 0 Å². The first-order chi connectivity index (χ1) is 17.2. The molecule has 0 fully saturated rings. The summed E-state index contributed by atoms with van der Waals surface area (Å²) < 4.78 is 70.9. The number of alkyl carbamates (subject to hydrolysis) is 1. The molecule has 0 radical (unpaired) electrons. The Kier molecular flexibility index (Phi) is 6.38. The highest BCUT2D eigenvalue weighted by Crippen LogP contribution is 2.41. The van der Waals surface area contributed by atoms with E-state index >= 15 is 0 Å². The number of carbonyl (C=O) groups excluding carboxylic acids is 2. The van der Waals surface area contributed by atoms with Crippen LogP contribution >= 0.6 is 11.6 Å². The average molecular weight is 548 g/mol. The third-order valence-corrected chi connectivity index (χ3v) is 5.96. The van der Waals surface area contributed by atoms with E-state index in [1.54, 1.807) is 6.92 Å². The van der Waals surface area contributed by atoms with E-state index in [9.17, 15) is 31.5 Å². The lowest BCUT2D eigenvalue weighted by molar-refractivity contribution is -0.285. The molecule has 0 saturated carbocycles. The van der Waals surface area contributed by atoms with E-state index in [1.165, 1.54) is 25.1 Å². The van der Waals surface area contributed by atoms with Gasteiger partial charge in [0.1, 0.15) is 17.3 Å². The molecule has 4 rings (SSSR count). The first-order valence-electron chi connectivity index (χ1n) is 10.7. The minimum Gasteiger partial charge on any atom is -0.450 e. The molecule has 1 unspecified atom stereocenters. The summed E-state index contributed by atoms with van der Waals surface area (Å²) in [6, 6.07) is 4.27. The van der Waals surface area contributed by atoms with Crippen molar-refractivity contribution in [1.29, 1.82) is 0 Å². The van der Waals surface area contributed by atoms with Crippen LogP contribution in [0.2, 0.25) is 5.02 Å². The summed E-state index contributed by atoms with van der Waals surface area (Å²) in [4.78, 5) is 33.1. The summed E-state index contributed by atoms with van der Waals surface area (Å²) in [6.45, 7) is 2.20. The van der Waals surface area contributed by atoms with E-state index in [0.717, 1.165) is 4.68 Å². The number of aryl methyl sites for hydroxylation is 1. The molecule has 1 aliphatic heterocycles. The zero-order valence-corrected chi connectivity index (χ0v) is 20.0. The number of carbonyl (C=O) groups is 2. The second-order valence-corrected chi connectivity index (χ2v) is 8.70. The highest BCUT2D eigenvalue weighted by atomic mass is 35.5. The van der Waals surface area contributed by atoms with Crippen LogP contribution in [0.5, 0.6) is 0 Å². The normalized spacial score (nSPS) is 17.6. The molecule has 1 atom stereocenters. The standard InChI is InChI=1S/C21H19ClF5N7O3/c1-3-37-18(36)32-19(2)12-14(28)29-16(30-15(12)31-17(19)35)13-10-5-4-9(22)8-11(10)34(33-13)7-6-20(23,24)21(25,26)27/h4-5,8H,3,6-7H2,1-2H3,(H,32,36)(H3,28,29,30,31,35). The van der Waals surface area contributed by atoms with E-state index < -0.39 is 42.6 Å². The van der Waals surface area contributed by atoms with Crippen LogP contribution in [0.4, 0.5) is 38.4 Å². The number of ether oxygens (including phenoxy) is 1. The van der Waals surface area contributed by atoms with Gasteiger partial charge in [0, 0.05) is 23.4 Å². The van der Waals surface area contributed by atoms with Gasteiger partial charge in [-0.3, -0.25) is 9.48 Å². The predicted molar refractivity (Wildman–Crippen MR) is 122 cm³/mol. The van der Waals surface area contributed by atoms with Crippen molar-refractivity contribution in [3.8, 4) is 11.5 Å². The molecule has 1 aliphatic rings. The van der Waals surface area contributed by atoms with Crippen molar-refractivity contribution >= 4 is 46.1 Å². The Morgan fingerprint density at radius 2 is 1.97 bits per heavy atom. The van der Waals surface area contributed by atoms with Crippen LogP contribution < -0.4 is 16.4 Å². The molecule has 2 amide bonds. The number of benzene rings is 1. The number of nitrogens with zero attached hydrogens (tertiary/aromatic N) is 4. The number of hydrogen-bond donors (Lipinski definition) is 3. The molecule has 0 aliphatic carbocycles. The Hall–Kier alpha value is -3.75. The average Bonchev–Trinajstić information content (AvgIpc) is 3.26. The fourth-order valence-electron chi connectivity index (χ4n) is 3.87. The van der Waals surface area contributed by atoms with Gasteiger partial charge >= 0.3 is 18.2 Å². The van der Waals surface area contributed by atoms with Crippen molar-refractivity contribution in [2.45, 2.75) is 44.5 Å². The molecule has 2 aromatic heterocycles. The Morgan fingerprint density at radius 1 is 1.27 bits per heavy atom. The van der Waals surface area contributed by atoms with Crippen molar-refractivity contribution in [2.75, 3.05) is 17.7 Å². The number of fused-ring (bicyclic) bond motifs is 2. The monoisotopic (exact) mass is 547 g/mol. The SMILES string of the molecule is CCOC(=O)NC1(C)C(=O)Nc2nc(-c3nn(CCC(F)(F)C(F)(F)F)c4cc(Cl)ccc34)nc(N)c21. The van der Waals surface area contributed by atoms with Crippen molar-refractivity contribution in [3.05, 3.63) is 28.8 Å². The summed E-state index contributed by atoms with van der Waals surface area (Å²) in [5.41, 5.74) is 4.67. The van der Waals surface area contributed by atoms with Gasteiger partial charge < -0.3 is 21.1 Å². The molecule has 1 aromatic carbocycles. The zero-order chi connectivity index (χ0) is 27.3. The molecule has 0 bridgehead atoms. The minimum absolute atomic E-state index is 0.00213. The van der Waals surface area contributed by atoms with Gasteiger partial charge in [-0.15, -0.1) is 0 Å². The van der Waals surface area contributed by atoms with E-state index in [0.29, 0.717) is 0 Å². The predicted octanol–water partition coefficient (Wildman–Crippen LogP) is 4.23. The van der Waals surface area contributed by atoms with Gasteiger partial charge in [-0.05, 0) is 32.0 Å². The Balaban J connectivity index is 1.77. The van der Waals surface area contributed by atoms with Crippen LogP contribution in [0.1, 0.15) is 25.8 Å². The molecule has 3 heterocycles. The van der Waals surface area contributed by atoms with Crippen molar-refractivity contribution < 1.29 is 36.3 Å². The zero-order valence-electron chi connectivity index (χ0n) is 19.2. The maximum atomic E-state index is 13.6. The molecule has 0 spiro atoms. The lowest BCUT2D eigenvalue weighted by Gasteiger charge is -2.23. The second-order valence-electron chi connectivity index (χ2n) is 8.27. The lowest BCUT2D eigenvalue weighted by Crippen LogP contribution is -2.49. The van der Waals surface area contributed by atoms with E-state index in [-0.39, 0.29) is 51.2 Å². The molecule has 3 aromatic rings.